The van der Waals surface area contributed by atoms with Crippen LogP contribution in [0.3, 0.4) is 0 Å². The van der Waals surface area contributed by atoms with Gasteiger partial charge in [0, 0.05) is 11.6 Å². The SMILES string of the molecule is CCNC(C)c1ccc(C(F)(F)F)cc1F. The highest BCUT2D eigenvalue weighted by Crippen LogP contribution is 2.31. The minimum absolute atomic E-state index is 0.245. The molecule has 1 aromatic carbocycles. The lowest BCUT2D eigenvalue weighted by molar-refractivity contribution is -0.137. The first-order valence-electron chi connectivity index (χ1n) is 4.96. The number of hydrogen-bond acceptors (Lipinski definition) is 1. The van der Waals surface area contributed by atoms with Gasteiger partial charge in [-0.15, -0.1) is 0 Å². The third-order valence-corrected chi connectivity index (χ3v) is 2.30. The molecule has 0 saturated heterocycles. The Labute approximate surface area is 91.5 Å². The van der Waals surface area contributed by atoms with E-state index in [9.17, 15) is 17.6 Å². The van der Waals surface area contributed by atoms with E-state index in [0.29, 0.717) is 12.6 Å². The molecule has 0 saturated carbocycles. The third kappa shape index (κ3) is 2.95. The van der Waals surface area contributed by atoms with E-state index in [1.807, 2.05) is 6.92 Å². The molecular weight excluding hydrogens is 222 g/mol. The minimum Gasteiger partial charge on any atom is -0.310 e. The van der Waals surface area contributed by atoms with Crippen molar-refractivity contribution in [3.63, 3.8) is 0 Å². The van der Waals surface area contributed by atoms with Crippen molar-refractivity contribution in [3.8, 4) is 0 Å². The van der Waals surface area contributed by atoms with Gasteiger partial charge in [0.1, 0.15) is 5.82 Å². The van der Waals surface area contributed by atoms with E-state index in [-0.39, 0.29) is 11.6 Å². The second-order valence-corrected chi connectivity index (χ2v) is 3.51. The quantitative estimate of drug-likeness (QED) is 0.790. The Balaban J connectivity index is 3.00. The third-order valence-electron chi connectivity index (χ3n) is 2.30. The summed E-state index contributed by atoms with van der Waals surface area (Å²) in [6.07, 6.45) is -4.50. The van der Waals surface area contributed by atoms with Gasteiger partial charge in [-0.1, -0.05) is 13.0 Å². The second-order valence-electron chi connectivity index (χ2n) is 3.51. The van der Waals surface area contributed by atoms with Crippen molar-refractivity contribution in [2.45, 2.75) is 26.1 Å². The van der Waals surface area contributed by atoms with Crippen LogP contribution in [0.15, 0.2) is 18.2 Å². The molecule has 0 heterocycles. The van der Waals surface area contributed by atoms with Crippen LogP contribution in [0.4, 0.5) is 17.6 Å². The van der Waals surface area contributed by atoms with Gasteiger partial charge in [0.2, 0.25) is 0 Å². The van der Waals surface area contributed by atoms with Crippen LogP contribution >= 0.6 is 0 Å². The Morgan fingerprint density at radius 2 is 1.94 bits per heavy atom. The fraction of sp³-hybridized carbons (Fsp3) is 0.455. The Morgan fingerprint density at radius 3 is 2.38 bits per heavy atom. The van der Waals surface area contributed by atoms with Crippen LogP contribution in [0.5, 0.6) is 0 Å². The van der Waals surface area contributed by atoms with Crippen molar-refractivity contribution >= 4 is 0 Å². The number of alkyl halides is 3. The van der Waals surface area contributed by atoms with Gasteiger partial charge in [-0.2, -0.15) is 13.2 Å². The molecule has 5 heteroatoms. The maximum Gasteiger partial charge on any atom is 0.416 e. The van der Waals surface area contributed by atoms with E-state index >= 15 is 0 Å². The van der Waals surface area contributed by atoms with E-state index in [1.54, 1.807) is 6.92 Å². The number of hydrogen-bond donors (Lipinski definition) is 1. The molecule has 0 fully saturated rings. The highest BCUT2D eigenvalue weighted by molar-refractivity contribution is 5.28. The fourth-order valence-electron chi connectivity index (χ4n) is 1.47. The monoisotopic (exact) mass is 235 g/mol. The first kappa shape index (κ1) is 13.0. The van der Waals surface area contributed by atoms with Crippen molar-refractivity contribution in [2.24, 2.45) is 0 Å². The van der Waals surface area contributed by atoms with Crippen molar-refractivity contribution < 1.29 is 17.6 Å². The number of rotatable bonds is 3. The summed E-state index contributed by atoms with van der Waals surface area (Å²) in [4.78, 5) is 0. The molecule has 0 radical (unpaired) electrons. The molecule has 0 bridgehead atoms. The van der Waals surface area contributed by atoms with Gasteiger partial charge in [0.15, 0.2) is 0 Å². The first-order valence-corrected chi connectivity index (χ1v) is 4.96. The van der Waals surface area contributed by atoms with Crippen molar-refractivity contribution in [1.82, 2.24) is 5.32 Å². The van der Waals surface area contributed by atoms with Crippen LogP contribution in [0.1, 0.15) is 31.0 Å². The van der Waals surface area contributed by atoms with Crippen molar-refractivity contribution in [2.75, 3.05) is 6.54 Å². The van der Waals surface area contributed by atoms with Crippen molar-refractivity contribution in [1.29, 1.82) is 0 Å². The number of halogens is 4. The first-order chi connectivity index (χ1) is 7.36. The molecule has 0 amide bonds. The van der Waals surface area contributed by atoms with Crippen LogP contribution in [-0.4, -0.2) is 6.54 Å². The topological polar surface area (TPSA) is 12.0 Å². The van der Waals surface area contributed by atoms with Crippen molar-refractivity contribution in [3.05, 3.63) is 35.1 Å². The Bertz CT molecular complexity index is 359. The highest BCUT2D eigenvalue weighted by Gasteiger charge is 2.31. The van der Waals surface area contributed by atoms with E-state index in [2.05, 4.69) is 5.32 Å². The smallest absolute Gasteiger partial charge is 0.310 e. The molecule has 1 N–H and O–H groups in total. The normalized spacial score (nSPS) is 13.9. The van der Waals surface area contributed by atoms with E-state index in [0.717, 1.165) is 6.07 Å². The summed E-state index contributed by atoms with van der Waals surface area (Å²) in [5, 5.41) is 2.94. The van der Waals surface area contributed by atoms with Gasteiger partial charge in [-0.3, -0.25) is 0 Å². The van der Waals surface area contributed by atoms with Gasteiger partial charge in [0.05, 0.1) is 5.56 Å². The molecule has 90 valence electrons. The van der Waals surface area contributed by atoms with Gasteiger partial charge >= 0.3 is 6.18 Å². The van der Waals surface area contributed by atoms with Gasteiger partial charge in [-0.05, 0) is 25.6 Å². The number of nitrogens with one attached hydrogen (secondary N) is 1. The predicted octanol–water partition coefficient (Wildman–Crippen LogP) is 3.52. The molecule has 0 aliphatic heterocycles. The van der Waals surface area contributed by atoms with Crippen LogP contribution < -0.4 is 5.32 Å². The maximum atomic E-state index is 13.4. The zero-order valence-electron chi connectivity index (χ0n) is 9.03. The molecule has 0 spiro atoms. The fourth-order valence-corrected chi connectivity index (χ4v) is 1.47. The summed E-state index contributed by atoms with van der Waals surface area (Å²) in [6.45, 7) is 4.18. The van der Waals surface area contributed by atoms with Crippen LogP contribution in [0.2, 0.25) is 0 Å². The van der Waals surface area contributed by atoms with Crippen LogP contribution in [0, 0.1) is 5.82 Å². The minimum atomic E-state index is -4.50. The Hall–Kier alpha value is -1.10. The Morgan fingerprint density at radius 1 is 1.31 bits per heavy atom. The zero-order chi connectivity index (χ0) is 12.3. The molecule has 16 heavy (non-hydrogen) atoms. The highest BCUT2D eigenvalue weighted by atomic mass is 19.4. The molecule has 1 aromatic rings. The predicted molar refractivity (Wildman–Crippen MR) is 53.5 cm³/mol. The summed E-state index contributed by atoms with van der Waals surface area (Å²) < 4.78 is 50.2. The molecule has 1 atom stereocenters. The maximum absolute atomic E-state index is 13.4. The lowest BCUT2D eigenvalue weighted by Gasteiger charge is -2.15. The molecule has 1 unspecified atom stereocenters. The average molecular weight is 235 g/mol. The largest absolute Gasteiger partial charge is 0.416 e. The second kappa shape index (κ2) is 4.82. The van der Waals surface area contributed by atoms with Gasteiger partial charge < -0.3 is 5.32 Å². The van der Waals surface area contributed by atoms with E-state index in [1.165, 1.54) is 6.07 Å². The summed E-state index contributed by atoms with van der Waals surface area (Å²) in [5.74, 6) is -0.830. The van der Waals surface area contributed by atoms with Gasteiger partial charge in [-0.25, -0.2) is 4.39 Å². The number of benzene rings is 1. The summed E-state index contributed by atoms with van der Waals surface area (Å²) in [6, 6.07) is 2.30. The molecular formula is C11H13F4N. The lowest BCUT2D eigenvalue weighted by atomic mass is 10.0. The lowest BCUT2D eigenvalue weighted by Crippen LogP contribution is -2.19. The summed E-state index contributed by atoms with van der Waals surface area (Å²) in [5.41, 5.74) is -0.715. The van der Waals surface area contributed by atoms with Crippen LogP contribution in [0.25, 0.3) is 0 Å². The van der Waals surface area contributed by atoms with E-state index in [4.69, 9.17) is 0 Å². The van der Waals surface area contributed by atoms with E-state index < -0.39 is 17.6 Å². The molecule has 1 rings (SSSR count). The molecule has 0 aromatic heterocycles. The zero-order valence-corrected chi connectivity index (χ0v) is 9.03. The summed E-state index contributed by atoms with van der Waals surface area (Å²) in [7, 11) is 0. The average Bonchev–Trinajstić information content (AvgIpc) is 2.16. The van der Waals surface area contributed by atoms with Crippen LogP contribution in [-0.2, 0) is 6.18 Å². The molecule has 0 aliphatic rings. The van der Waals surface area contributed by atoms with Gasteiger partial charge in [0.25, 0.3) is 0 Å². The molecule has 1 nitrogen and oxygen atoms in total. The standard InChI is InChI=1S/C11H13F4N/c1-3-16-7(2)9-5-4-8(6-10(9)12)11(13,14)15/h4-7,16H,3H2,1-2H3. The molecule has 0 aliphatic carbocycles. The Kier molecular flexibility index (Phi) is 3.91. The summed E-state index contributed by atoms with van der Waals surface area (Å²) >= 11 is 0.